The van der Waals surface area contributed by atoms with Crippen molar-refractivity contribution in [2.24, 2.45) is 0 Å². The average Bonchev–Trinajstić information content (AvgIpc) is 2.48. The number of nitrogens with one attached hydrogen (secondary N) is 1. The topological polar surface area (TPSA) is 32.9 Å². The number of thioether (sulfide) groups is 1. The van der Waals surface area contributed by atoms with Crippen LogP contribution in [0.5, 0.6) is 0 Å². The highest BCUT2D eigenvalue weighted by molar-refractivity contribution is 7.99. The van der Waals surface area contributed by atoms with Crippen molar-refractivity contribution in [1.82, 2.24) is 4.98 Å². The fraction of sp³-hybridized carbons (Fsp3) is 0.421. The number of rotatable bonds is 1. The fourth-order valence-corrected chi connectivity index (χ4v) is 4.52. The largest absolute Gasteiger partial charge is 0.357 e. The molecule has 0 saturated heterocycles. The van der Waals surface area contributed by atoms with Crippen LogP contribution in [0.1, 0.15) is 44.0 Å². The Morgan fingerprint density at radius 2 is 1.96 bits per heavy atom. The van der Waals surface area contributed by atoms with Crippen LogP contribution >= 0.6 is 23.4 Å². The molecule has 1 N–H and O–H groups in total. The first-order valence-electron chi connectivity index (χ1n) is 7.97. The number of benzene rings is 1. The molecule has 0 fully saturated rings. The zero-order valence-electron chi connectivity index (χ0n) is 14.0. The van der Waals surface area contributed by atoms with Crippen LogP contribution in [0.2, 0.25) is 5.02 Å². The van der Waals surface area contributed by atoms with Crippen molar-refractivity contribution in [3.05, 3.63) is 50.3 Å². The van der Waals surface area contributed by atoms with Crippen molar-refractivity contribution in [3.63, 3.8) is 0 Å². The lowest BCUT2D eigenvalue weighted by Gasteiger charge is -2.23. The Labute approximate surface area is 146 Å². The van der Waals surface area contributed by atoms with E-state index < -0.39 is 0 Å². The van der Waals surface area contributed by atoms with Crippen molar-refractivity contribution in [2.75, 3.05) is 5.75 Å². The maximum Gasteiger partial charge on any atom is 0.196 e. The SMILES string of the molecule is Cc1cc(C(C)(C)C)c(Cl)cc1-c1cc(=O)c2c([nH]1)CCCS2. The molecule has 1 aromatic carbocycles. The molecular weight excluding hydrogens is 326 g/mol. The molecule has 122 valence electrons. The molecule has 0 atom stereocenters. The second-order valence-electron chi connectivity index (χ2n) is 7.20. The van der Waals surface area contributed by atoms with Gasteiger partial charge in [0.2, 0.25) is 0 Å². The molecule has 0 aliphatic carbocycles. The van der Waals surface area contributed by atoms with Gasteiger partial charge < -0.3 is 4.98 Å². The second-order valence-corrected chi connectivity index (χ2v) is 8.72. The molecule has 0 radical (unpaired) electrons. The standard InChI is InChI=1S/C19H22ClNOS/c1-11-8-13(19(2,3)4)14(20)9-12(11)16-10-17(22)18-15(21-16)6-5-7-23-18/h8-10H,5-7H2,1-4H3,(H,21,22). The Hall–Kier alpha value is -1.19. The molecule has 23 heavy (non-hydrogen) atoms. The van der Waals surface area contributed by atoms with Crippen LogP contribution < -0.4 is 5.43 Å². The van der Waals surface area contributed by atoms with E-state index in [0.717, 1.165) is 56.6 Å². The van der Waals surface area contributed by atoms with Gasteiger partial charge in [0.1, 0.15) is 0 Å². The Bertz CT molecular complexity index is 817. The van der Waals surface area contributed by atoms with Crippen LogP contribution in [0.3, 0.4) is 0 Å². The predicted octanol–water partition coefficient (Wildman–Crippen LogP) is 5.34. The van der Waals surface area contributed by atoms with Crippen LogP contribution in [-0.2, 0) is 11.8 Å². The molecule has 0 unspecified atom stereocenters. The van der Waals surface area contributed by atoms with Crippen LogP contribution in [-0.4, -0.2) is 10.7 Å². The van der Waals surface area contributed by atoms with Gasteiger partial charge in [-0.1, -0.05) is 38.4 Å². The lowest BCUT2D eigenvalue weighted by Crippen LogP contribution is -2.15. The van der Waals surface area contributed by atoms with E-state index in [1.165, 1.54) is 0 Å². The molecule has 1 aliphatic heterocycles. The number of halogens is 1. The normalized spacial score (nSPS) is 14.7. The van der Waals surface area contributed by atoms with Crippen molar-refractivity contribution >= 4 is 23.4 Å². The van der Waals surface area contributed by atoms with Gasteiger partial charge in [-0.15, -0.1) is 11.8 Å². The fourth-order valence-electron chi connectivity index (χ4n) is 3.05. The highest BCUT2D eigenvalue weighted by Gasteiger charge is 2.20. The van der Waals surface area contributed by atoms with Gasteiger partial charge in [0.15, 0.2) is 5.43 Å². The van der Waals surface area contributed by atoms with Crippen LogP contribution in [0, 0.1) is 6.92 Å². The first-order valence-corrected chi connectivity index (χ1v) is 9.34. The molecule has 0 bridgehead atoms. The number of hydrogen-bond donors (Lipinski definition) is 1. The van der Waals surface area contributed by atoms with Gasteiger partial charge in [0.05, 0.1) is 4.90 Å². The molecular formula is C19H22ClNOS. The third-order valence-electron chi connectivity index (χ3n) is 4.29. The molecule has 3 rings (SSSR count). The molecule has 0 spiro atoms. The van der Waals surface area contributed by atoms with E-state index in [-0.39, 0.29) is 10.8 Å². The Morgan fingerprint density at radius 3 is 2.65 bits per heavy atom. The Kier molecular flexibility index (Phi) is 4.37. The lowest BCUT2D eigenvalue weighted by molar-refractivity contribution is 0.590. The maximum atomic E-state index is 12.4. The number of aromatic amines is 1. The summed E-state index contributed by atoms with van der Waals surface area (Å²) in [4.78, 5) is 16.8. The summed E-state index contributed by atoms with van der Waals surface area (Å²) in [5.41, 5.74) is 5.34. The molecule has 2 heterocycles. The van der Waals surface area contributed by atoms with E-state index in [1.54, 1.807) is 17.8 Å². The highest BCUT2D eigenvalue weighted by atomic mass is 35.5. The third-order valence-corrected chi connectivity index (χ3v) is 5.83. The lowest BCUT2D eigenvalue weighted by atomic mass is 9.85. The van der Waals surface area contributed by atoms with Gasteiger partial charge in [-0.2, -0.15) is 0 Å². The van der Waals surface area contributed by atoms with Gasteiger partial charge >= 0.3 is 0 Å². The van der Waals surface area contributed by atoms with E-state index in [2.05, 4.69) is 38.7 Å². The zero-order chi connectivity index (χ0) is 16.8. The molecule has 1 aromatic heterocycles. The summed E-state index contributed by atoms with van der Waals surface area (Å²) < 4.78 is 0. The van der Waals surface area contributed by atoms with E-state index in [1.807, 2.05) is 6.07 Å². The monoisotopic (exact) mass is 347 g/mol. The van der Waals surface area contributed by atoms with Crippen molar-refractivity contribution in [1.29, 1.82) is 0 Å². The summed E-state index contributed by atoms with van der Waals surface area (Å²) in [6, 6.07) is 5.85. The van der Waals surface area contributed by atoms with Crippen LogP contribution in [0.25, 0.3) is 11.3 Å². The zero-order valence-corrected chi connectivity index (χ0v) is 15.6. The third kappa shape index (κ3) is 3.22. The number of H-pyrrole nitrogens is 1. The Morgan fingerprint density at radius 1 is 1.22 bits per heavy atom. The van der Waals surface area contributed by atoms with Gasteiger partial charge in [-0.05, 0) is 48.1 Å². The minimum atomic E-state index is 0.000272. The summed E-state index contributed by atoms with van der Waals surface area (Å²) in [7, 11) is 0. The second kappa shape index (κ2) is 6.03. The summed E-state index contributed by atoms with van der Waals surface area (Å²) >= 11 is 8.19. The molecule has 0 saturated carbocycles. The van der Waals surface area contributed by atoms with Crippen molar-refractivity contribution in [3.8, 4) is 11.3 Å². The van der Waals surface area contributed by atoms with Crippen molar-refractivity contribution < 1.29 is 0 Å². The van der Waals surface area contributed by atoms with Crippen LogP contribution in [0.15, 0.2) is 27.9 Å². The number of aryl methyl sites for hydroxylation is 2. The minimum Gasteiger partial charge on any atom is -0.357 e. The molecule has 0 amide bonds. The quantitative estimate of drug-likeness (QED) is 0.755. The van der Waals surface area contributed by atoms with Gasteiger partial charge in [-0.3, -0.25) is 4.79 Å². The van der Waals surface area contributed by atoms with E-state index in [0.29, 0.717) is 0 Å². The molecule has 2 nitrogen and oxygen atoms in total. The molecule has 2 aromatic rings. The number of pyridine rings is 1. The van der Waals surface area contributed by atoms with Crippen molar-refractivity contribution in [2.45, 2.75) is 50.8 Å². The number of aromatic nitrogens is 1. The summed E-state index contributed by atoms with van der Waals surface area (Å²) in [6.07, 6.45) is 2.05. The smallest absolute Gasteiger partial charge is 0.196 e. The minimum absolute atomic E-state index is 0.000272. The van der Waals surface area contributed by atoms with E-state index >= 15 is 0 Å². The number of hydrogen-bond acceptors (Lipinski definition) is 2. The van der Waals surface area contributed by atoms with Gasteiger partial charge in [-0.25, -0.2) is 0 Å². The first-order chi connectivity index (χ1) is 10.8. The van der Waals surface area contributed by atoms with Crippen LogP contribution in [0.4, 0.5) is 0 Å². The highest BCUT2D eigenvalue weighted by Crippen LogP contribution is 2.35. The predicted molar refractivity (Wildman–Crippen MR) is 100.0 cm³/mol. The maximum absolute atomic E-state index is 12.4. The molecule has 4 heteroatoms. The van der Waals surface area contributed by atoms with Gasteiger partial charge in [0.25, 0.3) is 0 Å². The summed E-state index contributed by atoms with van der Waals surface area (Å²) in [6.45, 7) is 8.55. The average molecular weight is 348 g/mol. The summed E-state index contributed by atoms with van der Waals surface area (Å²) in [5, 5.41) is 0.756. The van der Waals surface area contributed by atoms with E-state index in [9.17, 15) is 4.79 Å². The molecule has 1 aliphatic rings. The Balaban J connectivity index is 2.15. The first kappa shape index (κ1) is 16.7. The summed E-state index contributed by atoms with van der Waals surface area (Å²) in [5.74, 6) is 1.03. The van der Waals surface area contributed by atoms with Gasteiger partial charge in [0, 0.05) is 28.0 Å². The number of fused-ring (bicyclic) bond motifs is 1. The van der Waals surface area contributed by atoms with E-state index in [4.69, 9.17) is 11.6 Å².